The van der Waals surface area contributed by atoms with Crippen LogP contribution in [0.25, 0.3) is 0 Å². The van der Waals surface area contributed by atoms with Crippen LogP contribution < -0.4 is 5.32 Å². The normalized spacial score (nSPS) is 13.5. The predicted octanol–water partition coefficient (Wildman–Crippen LogP) is 1.26. The van der Waals surface area contributed by atoms with Crippen LogP contribution in [0.2, 0.25) is 0 Å². The smallest absolute Gasteiger partial charge is 0.311 e. The Kier molecular flexibility index (Phi) is 3.99. The number of hydrogen-bond acceptors (Lipinski definition) is 5. The Morgan fingerprint density at radius 1 is 1.59 bits per heavy atom. The summed E-state index contributed by atoms with van der Waals surface area (Å²) in [5.41, 5.74) is -0.609. The highest BCUT2D eigenvalue weighted by Gasteiger charge is 2.30. The quantitative estimate of drug-likeness (QED) is 0.795. The summed E-state index contributed by atoms with van der Waals surface area (Å²) in [6, 6.07) is 1.86. The molecule has 90 valence electrons. The van der Waals surface area contributed by atoms with Crippen LogP contribution >= 0.6 is 0 Å². The number of carbonyl (C=O) groups is 1. The molecule has 2 N–H and O–H groups in total. The highest BCUT2D eigenvalue weighted by Crippen LogP contribution is 2.21. The van der Waals surface area contributed by atoms with Crippen molar-refractivity contribution >= 4 is 11.8 Å². The minimum absolute atomic E-state index is 0.229. The maximum Gasteiger partial charge on any atom is 0.311 e. The SMILES string of the molecule is CCC(C)(CNc1cnc(C#N)cn1)C(=O)O. The van der Waals surface area contributed by atoms with E-state index in [-0.39, 0.29) is 12.2 Å². The van der Waals surface area contributed by atoms with Crippen LogP contribution in [0.1, 0.15) is 26.0 Å². The molecule has 0 aliphatic carbocycles. The number of anilines is 1. The number of aromatic nitrogens is 2. The van der Waals surface area contributed by atoms with Gasteiger partial charge in [0.15, 0.2) is 5.69 Å². The molecule has 0 aliphatic heterocycles. The molecule has 0 radical (unpaired) electrons. The van der Waals surface area contributed by atoms with Gasteiger partial charge in [-0.1, -0.05) is 6.92 Å². The number of carboxylic acid groups (broad SMARTS) is 1. The van der Waals surface area contributed by atoms with Crippen LogP contribution in [0, 0.1) is 16.7 Å². The van der Waals surface area contributed by atoms with Crippen molar-refractivity contribution in [3.63, 3.8) is 0 Å². The lowest BCUT2D eigenvalue weighted by molar-refractivity contribution is -0.147. The molecule has 0 spiro atoms. The fourth-order valence-electron chi connectivity index (χ4n) is 1.11. The summed E-state index contributed by atoms with van der Waals surface area (Å²) >= 11 is 0. The third kappa shape index (κ3) is 3.14. The fourth-order valence-corrected chi connectivity index (χ4v) is 1.11. The average Bonchev–Trinajstić information content (AvgIpc) is 2.36. The van der Waals surface area contributed by atoms with Crippen molar-refractivity contribution in [3.8, 4) is 6.07 Å². The zero-order valence-corrected chi connectivity index (χ0v) is 9.77. The van der Waals surface area contributed by atoms with Gasteiger partial charge >= 0.3 is 5.97 Å². The van der Waals surface area contributed by atoms with Crippen molar-refractivity contribution in [1.29, 1.82) is 5.26 Å². The van der Waals surface area contributed by atoms with E-state index >= 15 is 0 Å². The number of aliphatic carboxylic acids is 1. The van der Waals surface area contributed by atoms with Gasteiger partial charge in [-0.15, -0.1) is 0 Å². The Labute approximate surface area is 99.3 Å². The second-order valence-electron chi connectivity index (χ2n) is 3.97. The lowest BCUT2D eigenvalue weighted by atomic mass is 9.88. The third-order valence-corrected chi connectivity index (χ3v) is 2.72. The van der Waals surface area contributed by atoms with Crippen LogP contribution in [0.4, 0.5) is 5.82 Å². The first kappa shape index (κ1) is 12.9. The Bertz CT molecular complexity index is 438. The van der Waals surface area contributed by atoms with Crippen LogP contribution in [0.3, 0.4) is 0 Å². The molecule has 0 aliphatic rings. The van der Waals surface area contributed by atoms with Gasteiger partial charge in [-0.05, 0) is 13.3 Å². The van der Waals surface area contributed by atoms with Crippen LogP contribution in [0.15, 0.2) is 12.4 Å². The van der Waals surface area contributed by atoms with Crippen molar-refractivity contribution < 1.29 is 9.90 Å². The highest BCUT2D eigenvalue weighted by molar-refractivity contribution is 5.74. The van der Waals surface area contributed by atoms with E-state index in [1.807, 2.05) is 13.0 Å². The monoisotopic (exact) mass is 234 g/mol. The minimum atomic E-state index is -0.853. The molecule has 1 heterocycles. The summed E-state index contributed by atoms with van der Waals surface area (Å²) in [5.74, 6) is -0.390. The Morgan fingerprint density at radius 3 is 2.71 bits per heavy atom. The molecular formula is C11H14N4O2. The van der Waals surface area contributed by atoms with Gasteiger partial charge < -0.3 is 10.4 Å². The van der Waals surface area contributed by atoms with Gasteiger partial charge in [0.1, 0.15) is 11.9 Å². The first-order valence-electron chi connectivity index (χ1n) is 5.21. The first-order chi connectivity index (χ1) is 8.01. The van der Waals surface area contributed by atoms with Crippen LogP contribution in [0.5, 0.6) is 0 Å². The highest BCUT2D eigenvalue weighted by atomic mass is 16.4. The summed E-state index contributed by atoms with van der Waals surface area (Å²) in [7, 11) is 0. The average molecular weight is 234 g/mol. The molecule has 0 saturated carbocycles. The molecule has 17 heavy (non-hydrogen) atoms. The summed E-state index contributed by atoms with van der Waals surface area (Å²) in [5, 5.41) is 20.5. The van der Waals surface area contributed by atoms with E-state index in [1.54, 1.807) is 6.92 Å². The second-order valence-corrected chi connectivity index (χ2v) is 3.97. The van der Waals surface area contributed by atoms with Gasteiger partial charge in [0, 0.05) is 6.54 Å². The van der Waals surface area contributed by atoms with Crippen molar-refractivity contribution in [3.05, 3.63) is 18.1 Å². The van der Waals surface area contributed by atoms with Gasteiger partial charge in [-0.3, -0.25) is 4.79 Å². The number of rotatable bonds is 5. The number of nitriles is 1. The van der Waals surface area contributed by atoms with Gasteiger partial charge in [0.05, 0.1) is 17.8 Å². The molecule has 1 unspecified atom stereocenters. The molecule has 0 fully saturated rings. The molecule has 6 heteroatoms. The Morgan fingerprint density at radius 2 is 2.29 bits per heavy atom. The lowest BCUT2D eigenvalue weighted by Gasteiger charge is -2.23. The van der Waals surface area contributed by atoms with Gasteiger partial charge in [-0.2, -0.15) is 5.26 Å². The minimum Gasteiger partial charge on any atom is -0.481 e. The van der Waals surface area contributed by atoms with Gasteiger partial charge in [0.25, 0.3) is 0 Å². The largest absolute Gasteiger partial charge is 0.481 e. The Balaban J connectivity index is 2.67. The van der Waals surface area contributed by atoms with Crippen molar-refractivity contribution in [2.45, 2.75) is 20.3 Å². The Hall–Kier alpha value is -2.16. The summed E-state index contributed by atoms with van der Waals surface area (Å²) in [6.07, 6.45) is 3.27. The maximum absolute atomic E-state index is 11.1. The van der Waals surface area contributed by atoms with E-state index in [9.17, 15) is 4.79 Å². The fraction of sp³-hybridized carbons (Fsp3) is 0.455. The molecule has 1 aromatic rings. The van der Waals surface area contributed by atoms with E-state index in [1.165, 1.54) is 12.4 Å². The summed E-state index contributed by atoms with van der Waals surface area (Å²) in [4.78, 5) is 18.8. The van der Waals surface area contributed by atoms with E-state index < -0.39 is 11.4 Å². The number of carboxylic acids is 1. The number of nitrogens with zero attached hydrogens (tertiary/aromatic N) is 3. The zero-order chi connectivity index (χ0) is 12.9. The molecule has 1 atom stereocenters. The van der Waals surface area contributed by atoms with Crippen molar-refractivity contribution in [1.82, 2.24) is 9.97 Å². The van der Waals surface area contributed by atoms with Crippen molar-refractivity contribution in [2.75, 3.05) is 11.9 Å². The van der Waals surface area contributed by atoms with E-state index in [0.29, 0.717) is 12.2 Å². The summed E-state index contributed by atoms with van der Waals surface area (Å²) < 4.78 is 0. The lowest BCUT2D eigenvalue weighted by Crippen LogP contribution is -2.34. The number of hydrogen-bond donors (Lipinski definition) is 2. The van der Waals surface area contributed by atoms with Gasteiger partial charge in [-0.25, -0.2) is 9.97 Å². The number of nitrogens with one attached hydrogen (secondary N) is 1. The predicted molar refractivity (Wildman–Crippen MR) is 61.3 cm³/mol. The van der Waals surface area contributed by atoms with Crippen molar-refractivity contribution in [2.24, 2.45) is 5.41 Å². The zero-order valence-electron chi connectivity index (χ0n) is 9.77. The maximum atomic E-state index is 11.1. The third-order valence-electron chi connectivity index (χ3n) is 2.72. The van der Waals surface area contributed by atoms with Gasteiger partial charge in [0.2, 0.25) is 0 Å². The topological polar surface area (TPSA) is 98.9 Å². The van der Waals surface area contributed by atoms with E-state index in [2.05, 4.69) is 15.3 Å². The summed E-state index contributed by atoms with van der Waals surface area (Å²) in [6.45, 7) is 3.75. The van der Waals surface area contributed by atoms with Crippen LogP contribution in [-0.2, 0) is 4.79 Å². The molecule has 1 rings (SSSR count). The first-order valence-corrected chi connectivity index (χ1v) is 5.21. The van der Waals surface area contributed by atoms with E-state index in [4.69, 9.17) is 10.4 Å². The molecule has 6 nitrogen and oxygen atoms in total. The molecule has 0 amide bonds. The molecule has 0 aromatic carbocycles. The molecule has 0 bridgehead atoms. The van der Waals surface area contributed by atoms with E-state index in [0.717, 1.165) is 0 Å². The standard InChI is InChI=1S/C11H14N4O2/c1-3-11(2,10(16)17)7-15-9-6-13-8(4-12)5-14-9/h5-6H,3,7H2,1-2H3,(H,14,15)(H,16,17). The molecule has 1 aromatic heterocycles. The molecule has 0 saturated heterocycles. The molecular weight excluding hydrogens is 220 g/mol. The second kappa shape index (κ2) is 5.25. The van der Waals surface area contributed by atoms with Crippen LogP contribution in [-0.4, -0.2) is 27.6 Å².